The van der Waals surface area contributed by atoms with E-state index in [1.807, 2.05) is 6.07 Å². The third-order valence-corrected chi connectivity index (χ3v) is 4.92. The smallest absolute Gasteiger partial charge is 0.295 e. The molecule has 1 amide bonds. The van der Waals surface area contributed by atoms with Crippen molar-refractivity contribution in [2.45, 2.75) is 25.4 Å². The standard InChI is InChI=1S/C21H22N4O2/c26-21(19-7-4-14-27-19)25(20-15-22-10-11-23-20)18-8-12-24(13-9-18)16-17-5-2-1-3-6-17/h1-7,10-11,14-15,18H,8-9,12-13,16H2. The summed E-state index contributed by atoms with van der Waals surface area (Å²) in [7, 11) is 0. The fourth-order valence-electron chi connectivity index (χ4n) is 3.57. The van der Waals surface area contributed by atoms with Gasteiger partial charge in [0.2, 0.25) is 0 Å². The molecule has 0 saturated carbocycles. The highest BCUT2D eigenvalue weighted by Crippen LogP contribution is 2.24. The Hall–Kier alpha value is -2.99. The Bertz CT molecular complexity index is 844. The van der Waals surface area contributed by atoms with E-state index in [2.05, 4.69) is 39.1 Å². The second-order valence-corrected chi connectivity index (χ2v) is 6.71. The van der Waals surface area contributed by atoms with E-state index < -0.39 is 0 Å². The van der Waals surface area contributed by atoms with Crippen molar-refractivity contribution in [3.05, 3.63) is 78.6 Å². The van der Waals surface area contributed by atoms with E-state index >= 15 is 0 Å². The van der Waals surface area contributed by atoms with Gasteiger partial charge >= 0.3 is 0 Å². The van der Waals surface area contributed by atoms with Crippen LogP contribution in [0.5, 0.6) is 0 Å². The predicted octanol–water partition coefficient (Wildman–Crippen LogP) is 3.38. The molecule has 3 aromatic rings. The predicted molar refractivity (Wildman–Crippen MR) is 102 cm³/mol. The van der Waals surface area contributed by atoms with Gasteiger partial charge in [-0.25, -0.2) is 4.98 Å². The van der Waals surface area contributed by atoms with Gasteiger partial charge in [-0.05, 0) is 30.5 Å². The zero-order valence-corrected chi connectivity index (χ0v) is 15.1. The highest BCUT2D eigenvalue weighted by atomic mass is 16.3. The monoisotopic (exact) mass is 362 g/mol. The Morgan fingerprint density at radius 3 is 2.59 bits per heavy atom. The molecule has 3 heterocycles. The average molecular weight is 362 g/mol. The number of carbonyl (C=O) groups excluding carboxylic acids is 1. The second kappa shape index (κ2) is 8.14. The van der Waals surface area contributed by atoms with Gasteiger partial charge in [-0.2, -0.15) is 0 Å². The van der Waals surface area contributed by atoms with Gasteiger partial charge in [0.05, 0.1) is 12.5 Å². The Balaban J connectivity index is 1.48. The Morgan fingerprint density at radius 1 is 1.11 bits per heavy atom. The van der Waals surface area contributed by atoms with Crippen LogP contribution in [-0.4, -0.2) is 39.9 Å². The molecule has 1 saturated heterocycles. The molecule has 4 rings (SSSR count). The molecule has 27 heavy (non-hydrogen) atoms. The van der Waals surface area contributed by atoms with Crippen molar-refractivity contribution in [1.29, 1.82) is 0 Å². The molecule has 0 bridgehead atoms. The first-order valence-electron chi connectivity index (χ1n) is 9.20. The summed E-state index contributed by atoms with van der Waals surface area (Å²) in [5, 5.41) is 0. The van der Waals surface area contributed by atoms with Crippen LogP contribution in [0.2, 0.25) is 0 Å². The lowest BCUT2D eigenvalue weighted by Crippen LogP contribution is -2.47. The average Bonchev–Trinajstić information content (AvgIpc) is 3.26. The molecule has 1 aliphatic heterocycles. The number of aromatic nitrogens is 2. The number of likely N-dealkylation sites (tertiary alicyclic amines) is 1. The first kappa shape index (κ1) is 17.4. The summed E-state index contributed by atoms with van der Waals surface area (Å²) in [6, 6.07) is 14.0. The molecule has 0 atom stereocenters. The van der Waals surface area contributed by atoms with Crippen molar-refractivity contribution >= 4 is 11.7 Å². The molecule has 0 N–H and O–H groups in total. The number of piperidine rings is 1. The summed E-state index contributed by atoms with van der Waals surface area (Å²) in [5.41, 5.74) is 1.31. The number of carbonyl (C=O) groups is 1. The van der Waals surface area contributed by atoms with Crippen LogP contribution >= 0.6 is 0 Å². The van der Waals surface area contributed by atoms with Crippen LogP contribution in [0.15, 0.2) is 71.7 Å². The lowest BCUT2D eigenvalue weighted by atomic mass is 10.0. The minimum Gasteiger partial charge on any atom is -0.459 e. The van der Waals surface area contributed by atoms with Crippen molar-refractivity contribution < 1.29 is 9.21 Å². The molecular weight excluding hydrogens is 340 g/mol. The van der Waals surface area contributed by atoms with Gasteiger partial charge < -0.3 is 4.42 Å². The lowest BCUT2D eigenvalue weighted by molar-refractivity contribution is 0.0930. The highest BCUT2D eigenvalue weighted by molar-refractivity contribution is 6.04. The molecule has 6 nitrogen and oxygen atoms in total. The first-order chi connectivity index (χ1) is 13.3. The number of amides is 1. The van der Waals surface area contributed by atoms with E-state index in [0.717, 1.165) is 32.5 Å². The largest absolute Gasteiger partial charge is 0.459 e. The van der Waals surface area contributed by atoms with Crippen LogP contribution in [0.3, 0.4) is 0 Å². The second-order valence-electron chi connectivity index (χ2n) is 6.71. The lowest BCUT2D eigenvalue weighted by Gasteiger charge is -2.37. The normalized spacial score (nSPS) is 15.6. The van der Waals surface area contributed by atoms with E-state index in [1.165, 1.54) is 11.8 Å². The fourth-order valence-corrected chi connectivity index (χ4v) is 3.57. The fraction of sp³-hybridized carbons (Fsp3) is 0.286. The summed E-state index contributed by atoms with van der Waals surface area (Å²) in [6.07, 6.45) is 8.15. The minimum absolute atomic E-state index is 0.0753. The number of benzene rings is 1. The van der Waals surface area contributed by atoms with E-state index in [0.29, 0.717) is 11.6 Å². The third-order valence-electron chi connectivity index (χ3n) is 4.92. The molecule has 1 aromatic carbocycles. The number of nitrogens with zero attached hydrogens (tertiary/aromatic N) is 4. The Labute approximate surface area is 158 Å². The first-order valence-corrected chi connectivity index (χ1v) is 9.20. The number of furan rings is 1. The highest BCUT2D eigenvalue weighted by Gasteiger charge is 2.31. The van der Waals surface area contributed by atoms with Gasteiger partial charge in [0, 0.05) is 38.1 Å². The maximum Gasteiger partial charge on any atom is 0.295 e. The number of hydrogen-bond donors (Lipinski definition) is 0. The number of anilines is 1. The molecule has 2 aromatic heterocycles. The van der Waals surface area contributed by atoms with Crippen molar-refractivity contribution in [2.24, 2.45) is 0 Å². The van der Waals surface area contributed by atoms with Crippen LogP contribution in [0.1, 0.15) is 29.0 Å². The molecule has 1 fully saturated rings. The van der Waals surface area contributed by atoms with E-state index in [4.69, 9.17) is 4.42 Å². The van der Waals surface area contributed by atoms with Crippen molar-refractivity contribution in [1.82, 2.24) is 14.9 Å². The third kappa shape index (κ3) is 4.06. The maximum absolute atomic E-state index is 13.0. The minimum atomic E-state index is -0.165. The zero-order valence-electron chi connectivity index (χ0n) is 15.1. The van der Waals surface area contributed by atoms with E-state index in [-0.39, 0.29) is 11.9 Å². The molecular formula is C21H22N4O2. The summed E-state index contributed by atoms with van der Waals surface area (Å²) in [6.45, 7) is 2.80. The van der Waals surface area contributed by atoms with Gasteiger partial charge in [-0.15, -0.1) is 0 Å². The Morgan fingerprint density at radius 2 is 1.93 bits per heavy atom. The van der Waals surface area contributed by atoms with E-state index in [1.54, 1.807) is 35.6 Å². The SMILES string of the molecule is O=C(c1ccco1)N(c1cnccn1)C1CCN(Cc2ccccc2)CC1. The molecule has 138 valence electrons. The molecule has 0 radical (unpaired) electrons. The molecule has 1 aliphatic rings. The number of hydrogen-bond acceptors (Lipinski definition) is 5. The van der Waals surface area contributed by atoms with Crippen LogP contribution < -0.4 is 4.90 Å². The van der Waals surface area contributed by atoms with Crippen LogP contribution in [-0.2, 0) is 6.54 Å². The van der Waals surface area contributed by atoms with Gasteiger partial charge in [0.25, 0.3) is 5.91 Å². The summed E-state index contributed by atoms with van der Waals surface area (Å²) >= 11 is 0. The maximum atomic E-state index is 13.0. The summed E-state index contributed by atoms with van der Waals surface area (Å²) < 4.78 is 5.34. The van der Waals surface area contributed by atoms with Crippen molar-refractivity contribution in [3.63, 3.8) is 0 Å². The van der Waals surface area contributed by atoms with Crippen LogP contribution in [0, 0.1) is 0 Å². The number of rotatable bonds is 5. The quantitative estimate of drug-likeness (QED) is 0.696. The molecule has 0 aliphatic carbocycles. The van der Waals surface area contributed by atoms with Crippen LogP contribution in [0.4, 0.5) is 5.82 Å². The zero-order chi connectivity index (χ0) is 18.5. The van der Waals surface area contributed by atoms with Gasteiger partial charge in [0.1, 0.15) is 0 Å². The van der Waals surface area contributed by atoms with Gasteiger partial charge in [-0.1, -0.05) is 30.3 Å². The van der Waals surface area contributed by atoms with Crippen molar-refractivity contribution in [2.75, 3.05) is 18.0 Å². The summed E-state index contributed by atoms with van der Waals surface area (Å²) in [4.78, 5) is 25.7. The molecule has 0 spiro atoms. The van der Waals surface area contributed by atoms with Gasteiger partial charge in [-0.3, -0.25) is 19.6 Å². The molecule has 0 unspecified atom stereocenters. The Kier molecular flexibility index (Phi) is 5.25. The van der Waals surface area contributed by atoms with E-state index in [9.17, 15) is 4.79 Å². The molecule has 6 heteroatoms. The topological polar surface area (TPSA) is 62.5 Å². The summed E-state index contributed by atoms with van der Waals surface area (Å²) in [5.74, 6) is 0.731. The van der Waals surface area contributed by atoms with Gasteiger partial charge in [0.15, 0.2) is 11.6 Å². The van der Waals surface area contributed by atoms with Crippen LogP contribution in [0.25, 0.3) is 0 Å². The van der Waals surface area contributed by atoms with Crippen molar-refractivity contribution in [3.8, 4) is 0 Å².